The molecular formula is C31H35Zr-. The van der Waals surface area contributed by atoms with Crippen LogP contribution in [0.2, 0.25) is 0 Å². The first-order chi connectivity index (χ1) is 15.2. The summed E-state index contributed by atoms with van der Waals surface area (Å²) < 4.78 is 0. The van der Waals surface area contributed by atoms with Crippen LogP contribution in [0.4, 0.5) is 0 Å². The molecule has 4 bridgehead atoms. The monoisotopic (exact) mass is 497 g/mol. The molecule has 0 spiro atoms. The summed E-state index contributed by atoms with van der Waals surface area (Å²) in [6, 6.07) is 19.4. The van der Waals surface area contributed by atoms with Crippen molar-refractivity contribution in [1.29, 1.82) is 0 Å². The number of hydrogen-bond donors (Lipinski definition) is 0. The summed E-state index contributed by atoms with van der Waals surface area (Å²) in [7, 11) is 0. The molecule has 0 unspecified atom stereocenters. The molecule has 3 aromatic rings. The Morgan fingerprint density at radius 1 is 0.812 bits per heavy atom. The number of fused-ring (bicyclic) bond motifs is 1. The van der Waals surface area contributed by atoms with Crippen molar-refractivity contribution in [1.82, 2.24) is 0 Å². The van der Waals surface area contributed by atoms with Gasteiger partial charge in [0, 0.05) is 26.2 Å². The Balaban J connectivity index is 0.00000196. The minimum Gasteiger partial charge on any atom is -0.152 e. The third-order valence-electron chi connectivity index (χ3n) is 9.86. The van der Waals surface area contributed by atoms with Gasteiger partial charge in [-0.2, -0.15) is 5.56 Å². The van der Waals surface area contributed by atoms with Crippen LogP contribution >= 0.6 is 0 Å². The second kappa shape index (κ2) is 8.01. The van der Waals surface area contributed by atoms with Crippen LogP contribution in [0.25, 0.3) is 21.9 Å². The Morgan fingerprint density at radius 2 is 1.44 bits per heavy atom. The largest absolute Gasteiger partial charge is 0.152 e. The predicted octanol–water partition coefficient (Wildman–Crippen LogP) is 8.66. The molecule has 0 aromatic heterocycles. The van der Waals surface area contributed by atoms with Gasteiger partial charge < -0.3 is 0 Å². The Hall–Kier alpha value is -1.07. The molecule has 0 amide bonds. The number of hydrogen-bond acceptors (Lipinski definition) is 0. The molecule has 0 heterocycles. The van der Waals surface area contributed by atoms with Gasteiger partial charge in [0.1, 0.15) is 0 Å². The van der Waals surface area contributed by atoms with E-state index < -0.39 is 0 Å². The first-order valence-electron chi connectivity index (χ1n) is 13.0. The molecule has 5 aliphatic carbocycles. The molecule has 5 aliphatic rings. The van der Waals surface area contributed by atoms with E-state index in [9.17, 15) is 0 Å². The van der Waals surface area contributed by atoms with E-state index in [1.165, 1.54) is 86.1 Å². The normalized spacial score (nSPS) is 31.3. The third-order valence-corrected chi connectivity index (χ3v) is 9.86. The van der Waals surface area contributed by atoms with Gasteiger partial charge >= 0.3 is 0 Å². The summed E-state index contributed by atoms with van der Waals surface area (Å²) >= 11 is 0. The molecule has 32 heavy (non-hydrogen) atoms. The average Bonchev–Trinajstić information content (AvgIpc) is 3.41. The zero-order chi connectivity index (χ0) is 20.6. The zero-order valence-electron chi connectivity index (χ0n) is 19.5. The van der Waals surface area contributed by atoms with Gasteiger partial charge in [0.2, 0.25) is 0 Å². The van der Waals surface area contributed by atoms with E-state index in [0.717, 1.165) is 23.7 Å². The van der Waals surface area contributed by atoms with Crippen molar-refractivity contribution in [3.05, 3.63) is 65.2 Å². The maximum Gasteiger partial charge on any atom is 0 e. The molecule has 3 aromatic carbocycles. The average molecular weight is 499 g/mol. The molecular weight excluding hydrogens is 464 g/mol. The van der Waals surface area contributed by atoms with Crippen LogP contribution in [-0.4, -0.2) is 0 Å². The molecule has 8 rings (SSSR count). The number of aryl methyl sites for hydroxylation is 1. The molecule has 0 aliphatic heterocycles. The summed E-state index contributed by atoms with van der Waals surface area (Å²) in [5, 5.41) is 2.95. The first-order valence-corrected chi connectivity index (χ1v) is 13.0. The van der Waals surface area contributed by atoms with Gasteiger partial charge in [-0.05, 0) is 91.6 Å². The second-order valence-corrected chi connectivity index (χ2v) is 11.8. The van der Waals surface area contributed by atoms with Crippen molar-refractivity contribution < 1.29 is 26.2 Å². The van der Waals surface area contributed by atoms with Crippen molar-refractivity contribution in [3.63, 3.8) is 0 Å². The van der Waals surface area contributed by atoms with Crippen molar-refractivity contribution in [2.24, 2.45) is 17.8 Å². The van der Waals surface area contributed by atoms with Crippen LogP contribution in [0.5, 0.6) is 0 Å². The molecule has 0 saturated heterocycles. The van der Waals surface area contributed by atoms with Gasteiger partial charge in [0.05, 0.1) is 0 Å². The van der Waals surface area contributed by atoms with Gasteiger partial charge in [-0.15, -0.1) is 34.5 Å². The predicted molar refractivity (Wildman–Crippen MR) is 131 cm³/mol. The Morgan fingerprint density at radius 3 is 2.06 bits per heavy atom. The van der Waals surface area contributed by atoms with Crippen molar-refractivity contribution >= 4 is 10.8 Å². The smallest absolute Gasteiger partial charge is 0 e. The fraction of sp³-hybridized carbons (Fsp3) is 0.516. The molecule has 5 saturated carbocycles. The summed E-state index contributed by atoms with van der Waals surface area (Å²) in [5.74, 6) is 3.83. The van der Waals surface area contributed by atoms with Gasteiger partial charge in [0.25, 0.3) is 0 Å². The first kappa shape index (κ1) is 21.5. The summed E-state index contributed by atoms with van der Waals surface area (Å²) in [6.07, 6.45) is 14.5. The topological polar surface area (TPSA) is 0 Å². The fourth-order valence-electron chi connectivity index (χ4n) is 8.90. The van der Waals surface area contributed by atoms with Crippen LogP contribution in [0.1, 0.15) is 86.8 Å². The maximum absolute atomic E-state index is 2.51. The Kier molecular flexibility index (Phi) is 5.37. The molecule has 5 fully saturated rings. The molecule has 0 atom stereocenters. The fourth-order valence-corrected chi connectivity index (χ4v) is 8.90. The second-order valence-electron chi connectivity index (χ2n) is 11.8. The molecule has 1 heteroatoms. The van der Waals surface area contributed by atoms with Crippen molar-refractivity contribution in [3.8, 4) is 11.1 Å². The van der Waals surface area contributed by atoms with Crippen molar-refractivity contribution in [2.75, 3.05) is 0 Å². The molecule has 0 radical (unpaired) electrons. The molecule has 0 N–H and O–H groups in total. The SMILES string of the molecule is Cc1c(C2CCCC2)[cH-]c2cccc(-c3ccc(C45CC6CC(CC(C6)C4)C5)cc3)c12.[Zr]. The van der Waals surface area contributed by atoms with Crippen LogP contribution in [0, 0.1) is 24.7 Å². The molecule has 164 valence electrons. The minimum atomic E-state index is 0. The van der Waals surface area contributed by atoms with Crippen LogP contribution in [-0.2, 0) is 31.6 Å². The van der Waals surface area contributed by atoms with E-state index in [1.807, 2.05) is 0 Å². The number of benzene rings is 2. The van der Waals surface area contributed by atoms with Gasteiger partial charge in [0.15, 0.2) is 0 Å². The van der Waals surface area contributed by atoms with E-state index in [4.69, 9.17) is 0 Å². The van der Waals surface area contributed by atoms with E-state index >= 15 is 0 Å². The number of rotatable bonds is 3. The van der Waals surface area contributed by atoms with E-state index in [-0.39, 0.29) is 26.2 Å². The van der Waals surface area contributed by atoms with E-state index in [0.29, 0.717) is 5.41 Å². The van der Waals surface area contributed by atoms with E-state index in [2.05, 4.69) is 55.5 Å². The van der Waals surface area contributed by atoms with Gasteiger partial charge in [-0.25, -0.2) is 0 Å². The zero-order valence-corrected chi connectivity index (χ0v) is 22.0. The van der Waals surface area contributed by atoms with Crippen LogP contribution in [0.15, 0.2) is 48.5 Å². The van der Waals surface area contributed by atoms with Crippen molar-refractivity contribution in [2.45, 2.75) is 82.5 Å². The minimum absolute atomic E-state index is 0. The third kappa shape index (κ3) is 3.28. The quantitative estimate of drug-likeness (QED) is 0.317. The Bertz CT molecular complexity index is 1090. The van der Waals surface area contributed by atoms with Gasteiger partial charge in [-0.1, -0.05) is 55.7 Å². The Labute approximate surface area is 212 Å². The molecule has 0 nitrogen and oxygen atoms in total. The summed E-state index contributed by atoms with van der Waals surface area (Å²) in [6.45, 7) is 2.38. The van der Waals surface area contributed by atoms with Gasteiger partial charge in [-0.3, -0.25) is 0 Å². The van der Waals surface area contributed by atoms with Crippen LogP contribution < -0.4 is 0 Å². The van der Waals surface area contributed by atoms with Crippen LogP contribution in [0.3, 0.4) is 0 Å². The maximum atomic E-state index is 2.51. The van der Waals surface area contributed by atoms with E-state index in [1.54, 1.807) is 16.7 Å². The standard InChI is InChI=1S/C31H35.Zr/c1-20-29(24-5-2-3-6-24)16-26-7-4-8-28(30(20)26)25-9-11-27(12-10-25)31-17-21-13-22(18-31)15-23(14-21)19-31;/h4,7-12,16,21-24H,2-3,5-6,13-15,17-19H2,1H3;/q-1;. The summed E-state index contributed by atoms with van der Waals surface area (Å²) in [5.41, 5.74) is 8.17. The summed E-state index contributed by atoms with van der Waals surface area (Å²) in [4.78, 5) is 0.